The molecule has 0 unspecified atom stereocenters. The van der Waals surface area contributed by atoms with Crippen LogP contribution in [0.5, 0.6) is 11.5 Å². The zero-order valence-corrected chi connectivity index (χ0v) is 14.2. The maximum absolute atomic E-state index is 12.6. The van der Waals surface area contributed by atoms with Crippen molar-refractivity contribution in [2.24, 2.45) is 0 Å². The van der Waals surface area contributed by atoms with E-state index in [1.165, 1.54) is 36.3 Å². The third-order valence-electron chi connectivity index (χ3n) is 4.33. The van der Waals surface area contributed by atoms with Crippen LogP contribution >= 0.6 is 0 Å². The molecule has 1 saturated heterocycles. The van der Waals surface area contributed by atoms with Gasteiger partial charge in [-0.25, -0.2) is 8.42 Å². The SMILES string of the molecule is COc1ccc(O)c(C(=O)c2cnn([C@]3(C)CCS(=O)(=O)C3)c2)c1. The molecule has 8 heteroatoms. The number of hydrogen-bond acceptors (Lipinski definition) is 6. The van der Waals surface area contributed by atoms with E-state index in [4.69, 9.17) is 4.74 Å². The number of methoxy groups -OCH3 is 1. The lowest BCUT2D eigenvalue weighted by Gasteiger charge is -2.22. The number of aromatic nitrogens is 2. The Morgan fingerprint density at radius 1 is 1.42 bits per heavy atom. The van der Waals surface area contributed by atoms with Gasteiger partial charge in [0.1, 0.15) is 11.5 Å². The number of carbonyl (C=O) groups excluding carboxylic acids is 1. The average molecular weight is 350 g/mol. The first-order valence-electron chi connectivity index (χ1n) is 7.41. The van der Waals surface area contributed by atoms with Crippen molar-refractivity contribution in [2.45, 2.75) is 18.9 Å². The number of phenols is 1. The zero-order chi connectivity index (χ0) is 17.5. The molecule has 0 bridgehead atoms. The molecule has 0 radical (unpaired) electrons. The van der Waals surface area contributed by atoms with Crippen LogP contribution in [-0.4, -0.2) is 47.7 Å². The predicted molar refractivity (Wildman–Crippen MR) is 87.2 cm³/mol. The first kappa shape index (κ1) is 16.5. The second-order valence-corrected chi connectivity index (χ2v) is 8.41. The molecule has 1 aromatic carbocycles. The number of carbonyl (C=O) groups is 1. The van der Waals surface area contributed by atoms with E-state index in [0.717, 1.165) is 0 Å². The van der Waals surface area contributed by atoms with Gasteiger partial charge in [-0.3, -0.25) is 9.48 Å². The van der Waals surface area contributed by atoms with Crippen molar-refractivity contribution in [3.05, 3.63) is 41.7 Å². The van der Waals surface area contributed by atoms with Crippen LogP contribution in [0.1, 0.15) is 29.3 Å². The van der Waals surface area contributed by atoms with Gasteiger partial charge in [-0.1, -0.05) is 0 Å². The number of ether oxygens (including phenoxy) is 1. The van der Waals surface area contributed by atoms with E-state index in [2.05, 4.69) is 5.10 Å². The van der Waals surface area contributed by atoms with Gasteiger partial charge in [0.05, 0.1) is 41.5 Å². The van der Waals surface area contributed by atoms with Gasteiger partial charge in [-0.05, 0) is 31.5 Å². The van der Waals surface area contributed by atoms with Crippen LogP contribution in [0, 0.1) is 0 Å². The highest BCUT2D eigenvalue weighted by molar-refractivity contribution is 7.91. The number of nitrogens with zero attached hydrogens (tertiary/aromatic N) is 2. The molecule has 0 saturated carbocycles. The lowest BCUT2D eigenvalue weighted by Crippen LogP contribution is -2.31. The summed E-state index contributed by atoms with van der Waals surface area (Å²) in [6.45, 7) is 1.81. The van der Waals surface area contributed by atoms with Crippen LogP contribution in [0.2, 0.25) is 0 Å². The normalized spacial score (nSPS) is 22.4. The van der Waals surface area contributed by atoms with Crippen LogP contribution < -0.4 is 4.74 Å². The topological polar surface area (TPSA) is 98.5 Å². The van der Waals surface area contributed by atoms with Crippen LogP contribution in [0.3, 0.4) is 0 Å². The third-order valence-corrected chi connectivity index (χ3v) is 6.22. The van der Waals surface area contributed by atoms with Crippen molar-refractivity contribution in [2.75, 3.05) is 18.6 Å². The summed E-state index contributed by atoms with van der Waals surface area (Å²) in [6.07, 6.45) is 3.37. The Bertz CT molecular complexity index is 903. The molecule has 128 valence electrons. The molecular weight excluding hydrogens is 332 g/mol. The summed E-state index contributed by atoms with van der Waals surface area (Å²) in [4.78, 5) is 12.6. The van der Waals surface area contributed by atoms with E-state index in [1.807, 2.05) is 6.92 Å². The van der Waals surface area contributed by atoms with Gasteiger partial charge in [-0.15, -0.1) is 0 Å². The third kappa shape index (κ3) is 2.89. The molecule has 1 aromatic heterocycles. The molecular formula is C16H18N2O5S. The first-order valence-corrected chi connectivity index (χ1v) is 9.23. The van der Waals surface area contributed by atoms with Gasteiger partial charge in [0, 0.05) is 6.20 Å². The molecule has 1 fully saturated rings. The number of rotatable bonds is 4. The molecule has 2 aromatic rings. The largest absolute Gasteiger partial charge is 0.507 e. The second-order valence-electron chi connectivity index (χ2n) is 6.22. The van der Waals surface area contributed by atoms with E-state index in [-0.39, 0.29) is 28.4 Å². The Hall–Kier alpha value is -2.35. The maximum atomic E-state index is 12.6. The summed E-state index contributed by atoms with van der Waals surface area (Å²) >= 11 is 0. The Balaban J connectivity index is 1.93. The molecule has 24 heavy (non-hydrogen) atoms. The fraction of sp³-hybridized carbons (Fsp3) is 0.375. The van der Waals surface area contributed by atoms with Crippen molar-refractivity contribution in [1.82, 2.24) is 9.78 Å². The Morgan fingerprint density at radius 2 is 2.17 bits per heavy atom. The minimum atomic E-state index is -3.08. The average Bonchev–Trinajstić information content (AvgIpc) is 3.13. The molecule has 7 nitrogen and oxygen atoms in total. The monoisotopic (exact) mass is 350 g/mol. The van der Waals surface area contributed by atoms with E-state index in [9.17, 15) is 18.3 Å². The summed E-state index contributed by atoms with van der Waals surface area (Å²) in [5, 5.41) is 14.1. The number of aromatic hydroxyl groups is 1. The van der Waals surface area contributed by atoms with Crippen LogP contribution in [0.4, 0.5) is 0 Å². The van der Waals surface area contributed by atoms with E-state index in [0.29, 0.717) is 12.2 Å². The van der Waals surface area contributed by atoms with Crippen molar-refractivity contribution >= 4 is 15.6 Å². The summed E-state index contributed by atoms with van der Waals surface area (Å²) in [7, 11) is -1.61. The van der Waals surface area contributed by atoms with Crippen LogP contribution in [0.15, 0.2) is 30.6 Å². The quantitative estimate of drug-likeness (QED) is 0.836. The predicted octanol–water partition coefficient (Wildman–Crippen LogP) is 1.36. The summed E-state index contributed by atoms with van der Waals surface area (Å²) < 4.78 is 30.1. The van der Waals surface area contributed by atoms with Gasteiger partial charge in [-0.2, -0.15) is 5.10 Å². The number of phenolic OH excluding ortho intramolecular Hbond substituents is 1. The lowest BCUT2D eigenvalue weighted by molar-refractivity contribution is 0.103. The minimum Gasteiger partial charge on any atom is -0.507 e. The summed E-state index contributed by atoms with van der Waals surface area (Å²) in [5.41, 5.74) is -0.268. The number of ketones is 1. The molecule has 1 atom stereocenters. The zero-order valence-electron chi connectivity index (χ0n) is 13.4. The number of sulfone groups is 1. The van der Waals surface area contributed by atoms with Crippen molar-refractivity contribution in [3.8, 4) is 11.5 Å². The maximum Gasteiger partial charge on any atom is 0.200 e. The van der Waals surface area contributed by atoms with Crippen LogP contribution in [0.25, 0.3) is 0 Å². The highest BCUT2D eigenvalue weighted by Gasteiger charge is 2.40. The van der Waals surface area contributed by atoms with E-state index in [1.54, 1.807) is 6.07 Å². The first-order chi connectivity index (χ1) is 11.2. The molecule has 1 aliphatic rings. The van der Waals surface area contributed by atoms with Gasteiger partial charge in [0.25, 0.3) is 0 Å². The van der Waals surface area contributed by atoms with Gasteiger partial charge in [0.15, 0.2) is 15.6 Å². The highest BCUT2D eigenvalue weighted by atomic mass is 32.2. The van der Waals surface area contributed by atoms with E-state index >= 15 is 0 Å². The van der Waals surface area contributed by atoms with Crippen molar-refractivity contribution < 1.29 is 23.1 Å². The van der Waals surface area contributed by atoms with Crippen molar-refractivity contribution in [1.29, 1.82) is 0 Å². The Kier molecular flexibility index (Phi) is 3.87. The lowest BCUT2D eigenvalue weighted by atomic mass is 10.0. The molecule has 0 aliphatic carbocycles. The molecule has 2 heterocycles. The molecule has 0 amide bonds. The molecule has 1 aliphatic heterocycles. The minimum absolute atomic E-state index is 0.000277. The van der Waals surface area contributed by atoms with Gasteiger partial charge >= 0.3 is 0 Å². The van der Waals surface area contributed by atoms with Gasteiger partial charge < -0.3 is 9.84 Å². The fourth-order valence-electron chi connectivity index (χ4n) is 2.89. The Morgan fingerprint density at radius 3 is 2.79 bits per heavy atom. The Labute approximate surface area is 139 Å². The molecule has 1 N–H and O–H groups in total. The summed E-state index contributed by atoms with van der Waals surface area (Å²) in [5.74, 6) is 0.0194. The summed E-state index contributed by atoms with van der Waals surface area (Å²) in [6, 6.07) is 4.40. The standard InChI is InChI=1S/C16H18N2O5S/c1-16(5-6-24(21,22)10-16)18-9-11(8-17-18)15(20)13-7-12(23-2)3-4-14(13)19/h3-4,7-9,19H,5-6,10H2,1-2H3/t16-/m1/s1. The smallest absolute Gasteiger partial charge is 0.200 e. The van der Waals surface area contributed by atoms with Crippen molar-refractivity contribution in [3.63, 3.8) is 0 Å². The number of hydrogen-bond donors (Lipinski definition) is 1. The fourth-order valence-corrected chi connectivity index (χ4v) is 5.01. The van der Waals surface area contributed by atoms with Gasteiger partial charge in [0.2, 0.25) is 0 Å². The number of benzene rings is 1. The molecule has 3 rings (SSSR count). The second kappa shape index (κ2) is 5.62. The van der Waals surface area contributed by atoms with E-state index < -0.39 is 21.2 Å². The van der Waals surface area contributed by atoms with Crippen LogP contribution in [-0.2, 0) is 15.4 Å². The highest BCUT2D eigenvalue weighted by Crippen LogP contribution is 2.31. The molecule has 0 spiro atoms.